The standard InChI is InChI=1S/C16H25NO2/c1-11-3-5-13(6-4-11)10-17-12(2)15-8-7-14(18)9-16(15)19/h7-9,11-13,17-19H,3-6,10H2,1-2H3. The summed E-state index contributed by atoms with van der Waals surface area (Å²) < 4.78 is 0. The molecule has 2 rings (SSSR count). The molecular formula is C16H25NO2. The molecule has 3 heteroatoms. The summed E-state index contributed by atoms with van der Waals surface area (Å²) in [6, 6.07) is 4.91. The van der Waals surface area contributed by atoms with Crippen LogP contribution in [-0.4, -0.2) is 16.8 Å². The number of rotatable bonds is 4. The number of hydrogen-bond acceptors (Lipinski definition) is 3. The fraction of sp³-hybridized carbons (Fsp3) is 0.625. The van der Waals surface area contributed by atoms with Crippen molar-refractivity contribution < 1.29 is 10.2 Å². The van der Waals surface area contributed by atoms with Crippen LogP contribution in [0.3, 0.4) is 0 Å². The quantitative estimate of drug-likeness (QED) is 0.778. The van der Waals surface area contributed by atoms with Gasteiger partial charge in [-0.1, -0.05) is 25.8 Å². The maximum Gasteiger partial charge on any atom is 0.124 e. The Morgan fingerprint density at radius 3 is 2.53 bits per heavy atom. The summed E-state index contributed by atoms with van der Waals surface area (Å²) in [4.78, 5) is 0. The lowest BCUT2D eigenvalue weighted by molar-refractivity contribution is 0.275. The van der Waals surface area contributed by atoms with E-state index in [-0.39, 0.29) is 17.5 Å². The number of phenols is 2. The Kier molecular flexibility index (Phi) is 4.70. The van der Waals surface area contributed by atoms with E-state index in [1.54, 1.807) is 12.1 Å². The highest BCUT2D eigenvalue weighted by Gasteiger charge is 2.19. The lowest BCUT2D eigenvalue weighted by Crippen LogP contribution is -2.28. The van der Waals surface area contributed by atoms with Crippen LogP contribution >= 0.6 is 0 Å². The lowest BCUT2D eigenvalue weighted by atomic mass is 9.83. The molecule has 0 aliphatic heterocycles. The Labute approximate surface area is 115 Å². The molecule has 19 heavy (non-hydrogen) atoms. The first-order valence-electron chi connectivity index (χ1n) is 7.31. The Morgan fingerprint density at radius 2 is 1.89 bits per heavy atom. The van der Waals surface area contributed by atoms with E-state index in [0.717, 1.165) is 23.9 Å². The van der Waals surface area contributed by atoms with Gasteiger partial charge in [-0.15, -0.1) is 0 Å². The van der Waals surface area contributed by atoms with Gasteiger partial charge in [-0.25, -0.2) is 0 Å². The van der Waals surface area contributed by atoms with Crippen molar-refractivity contribution in [1.82, 2.24) is 5.32 Å². The molecule has 0 heterocycles. The summed E-state index contributed by atoms with van der Waals surface area (Å²) in [5.74, 6) is 1.92. The molecule has 0 aromatic heterocycles. The summed E-state index contributed by atoms with van der Waals surface area (Å²) in [7, 11) is 0. The van der Waals surface area contributed by atoms with Crippen LogP contribution in [0.15, 0.2) is 18.2 Å². The molecule has 1 aliphatic rings. The summed E-state index contributed by atoms with van der Waals surface area (Å²) in [5.41, 5.74) is 0.849. The maximum absolute atomic E-state index is 9.83. The maximum atomic E-state index is 9.83. The normalized spacial score (nSPS) is 25.2. The number of benzene rings is 1. The average molecular weight is 263 g/mol. The van der Waals surface area contributed by atoms with E-state index < -0.39 is 0 Å². The zero-order valence-electron chi connectivity index (χ0n) is 11.9. The lowest BCUT2D eigenvalue weighted by Gasteiger charge is -2.27. The van der Waals surface area contributed by atoms with Crippen LogP contribution < -0.4 is 5.32 Å². The summed E-state index contributed by atoms with van der Waals surface area (Å²) in [5, 5.41) is 22.6. The Balaban J connectivity index is 1.85. The molecule has 0 saturated heterocycles. The third-order valence-electron chi connectivity index (χ3n) is 4.33. The molecule has 0 spiro atoms. The van der Waals surface area contributed by atoms with Gasteiger partial charge in [-0.05, 0) is 44.2 Å². The van der Waals surface area contributed by atoms with Gasteiger partial charge in [0.15, 0.2) is 0 Å². The van der Waals surface area contributed by atoms with Crippen LogP contribution in [0.25, 0.3) is 0 Å². The Hall–Kier alpha value is -1.22. The van der Waals surface area contributed by atoms with E-state index in [1.165, 1.54) is 31.7 Å². The van der Waals surface area contributed by atoms with E-state index in [0.29, 0.717) is 0 Å². The van der Waals surface area contributed by atoms with Crippen molar-refractivity contribution in [3.8, 4) is 11.5 Å². The van der Waals surface area contributed by atoms with E-state index in [2.05, 4.69) is 19.2 Å². The minimum absolute atomic E-state index is 0.106. The second-order valence-electron chi connectivity index (χ2n) is 6.00. The van der Waals surface area contributed by atoms with Gasteiger partial charge in [-0.3, -0.25) is 0 Å². The third kappa shape index (κ3) is 3.87. The van der Waals surface area contributed by atoms with Gasteiger partial charge in [0.2, 0.25) is 0 Å². The Bertz CT molecular complexity index is 411. The van der Waals surface area contributed by atoms with Gasteiger partial charge in [-0.2, -0.15) is 0 Å². The van der Waals surface area contributed by atoms with Crippen LogP contribution in [0.4, 0.5) is 0 Å². The van der Waals surface area contributed by atoms with Crippen LogP contribution in [0.5, 0.6) is 11.5 Å². The molecule has 1 unspecified atom stereocenters. The van der Waals surface area contributed by atoms with Gasteiger partial charge in [0.1, 0.15) is 11.5 Å². The molecule has 1 saturated carbocycles. The number of phenolic OH excluding ortho intramolecular Hbond substituents is 2. The van der Waals surface area contributed by atoms with Gasteiger partial charge < -0.3 is 15.5 Å². The first-order chi connectivity index (χ1) is 9.06. The molecule has 1 aromatic rings. The minimum atomic E-state index is 0.106. The van der Waals surface area contributed by atoms with E-state index >= 15 is 0 Å². The van der Waals surface area contributed by atoms with Crippen molar-refractivity contribution in [2.45, 2.75) is 45.6 Å². The largest absolute Gasteiger partial charge is 0.508 e. The van der Waals surface area contributed by atoms with Gasteiger partial charge in [0.25, 0.3) is 0 Å². The highest BCUT2D eigenvalue weighted by atomic mass is 16.3. The fourth-order valence-corrected chi connectivity index (χ4v) is 2.88. The van der Waals surface area contributed by atoms with Crippen molar-refractivity contribution in [3.63, 3.8) is 0 Å². The average Bonchev–Trinajstić information content (AvgIpc) is 2.37. The minimum Gasteiger partial charge on any atom is -0.508 e. The molecule has 0 amide bonds. The van der Waals surface area contributed by atoms with Gasteiger partial charge in [0, 0.05) is 17.7 Å². The zero-order chi connectivity index (χ0) is 13.8. The second-order valence-corrected chi connectivity index (χ2v) is 6.00. The van der Waals surface area contributed by atoms with Crippen molar-refractivity contribution in [3.05, 3.63) is 23.8 Å². The molecule has 106 valence electrons. The van der Waals surface area contributed by atoms with Crippen LogP contribution in [0.2, 0.25) is 0 Å². The predicted molar refractivity (Wildman–Crippen MR) is 77.3 cm³/mol. The van der Waals surface area contributed by atoms with E-state index in [1.807, 2.05) is 0 Å². The molecule has 0 bridgehead atoms. The van der Waals surface area contributed by atoms with Crippen LogP contribution in [-0.2, 0) is 0 Å². The Morgan fingerprint density at radius 1 is 1.21 bits per heavy atom. The molecule has 3 N–H and O–H groups in total. The van der Waals surface area contributed by atoms with Crippen molar-refractivity contribution in [1.29, 1.82) is 0 Å². The van der Waals surface area contributed by atoms with Crippen molar-refractivity contribution >= 4 is 0 Å². The zero-order valence-corrected chi connectivity index (χ0v) is 11.9. The highest BCUT2D eigenvalue weighted by molar-refractivity contribution is 5.40. The molecule has 0 radical (unpaired) electrons. The molecule has 1 fully saturated rings. The summed E-state index contributed by atoms with van der Waals surface area (Å²) in [6.45, 7) is 5.40. The number of aromatic hydroxyl groups is 2. The fourth-order valence-electron chi connectivity index (χ4n) is 2.88. The topological polar surface area (TPSA) is 52.5 Å². The predicted octanol–water partition coefficient (Wildman–Crippen LogP) is 3.57. The molecule has 3 nitrogen and oxygen atoms in total. The summed E-state index contributed by atoms with van der Waals surface area (Å²) >= 11 is 0. The number of hydrogen-bond donors (Lipinski definition) is 3. The second kappa shape index (κ2) is 6.29. The SMILES string of the molecule is CC1CCC(CNC(C)c2ccc(O)cc2O)CC1. The number of nitrogens with one attached hydrogen (secondary N) is 1. The molecule has 1 atom stereocenters. The van der Waals surface area contributed by atoms with Crippen LogP contribution in [0, 0.1) is 11.8 Å². The van der Waals surface area contributed by atoms with Crippen molar-refractivity contribution in [2.24, 2.45) is 11.8 Å². The molecule has 1 aromatic carbocycles. The van der Waals surface area contributed by atoms with Gasteiger partial charge >= 0.3 is 0 Å². The first-order valence-corrected chi connectivity index (χ1v) is 7.31. The first kappa shape index (κ1) is 14.2. The summed E-state index contributed by atoms with van der Waals surface area (Å²) in [6.07, 6.45) is 5.29. The smallest absolute Gasteiger partial charge is 0.124 e. The molecular weight excluding hydrogens is 238 g/mol. The van der Waals surface area contributed by atoms with Crippen molar-refractivity contribution in [2.75, 3.05) is 6.54 Å². The third-order valence-corrected chi connectivity index (χ3v) is 4.33. The molecule has 1 aliphatic carbocycles. The van der Waals surface area contributed by atoms with E-state index in [9.17, 15) is 10.2 Å². The van der Waals surface area contributed by atoms with E-state index in [4.69, 9.17) is 0 Å². The monoisotopic (exact) mass is 263 g/mol. The van der Waals surface area contributed by atoms with Crippen LogP contribution in [0.1, 0.15) is 51.1 Å². The highest BCUT2D eigenvalue weighted by Crippen LogP contribution is 2.30. The van der Waals surface area contributed by atoms with Gasteiger partial charge in [0.05, 0.1) is 0 Å².